The van der Waals surface area contributed by atoms with Gasteiger partial charge in [-0.05, 0) is 31.4 Å². The number of carbonyl (C=O) groups is 1. The van der Waals surface area contributed by atoms with Gasteiger partial charge in [0.05, 0.1) is 4.92 Å². The van der Waals surface area contributed by atoms with E-state index < -0.39 is 4.92 Å². The molecule has 1 aliphatic heterocycles. The van der Waals surface area contributed by atoms with Crippen LogP contribution in [0.1, 0.15) is 22.5 Å². The largest absolute Gasteiger partial charge is 0.353 e. The van der Waals surface area contributed by atoms with E-state index in [0.29, 0.717) is 17.9 Å². The van der Waals surface area contributed by atoms with Gasteiger partial charge in [-0.2, -0.15) is 5.10 Å². The van der Waals surface area contributed by atoms with Crippen molar-refractivity contribution in [1.29, 1.82) is 0 Å². The highest BCUT2D eigenvalue weighted by Crippen LogP contribution is 2.21. The number of amides is 1. The summed E-state index contributed by atoms with van der Waals surface area (Å²) < 4.78 is 1.39. The van der Waals surface area contributed by atoms with Crippen LogP contribution in [0.3, 0.4) is 0 Å². The zero-order valence-electron chi connectivity index (χ0n) is 15.1. The predicted octanol–water partition coefficient (Wildman–Crippen LogP) is 1.58. The number of fused-ring (bicyclic) bond motifs is 1. The first-order chi connectivity index (χ1) is 12.5. The molecular formula is C18H23N5O3. The van der Waals surface area contributed by atoms with E-state index in [1.807, 2.05) is 0 Å². The first kappa shape index (κ1) is 18.1. The Balaban J connectivity index is 1.48. The van der Waals surface area contributed by atoms with E-state index in [2.05, 4.69) is 39.6 Å². The van der Waals surface area contributed by atoms with Crippen molar-refractivity contribution < 1.29 is 9.72 Å². The number of aromatic nitrogens is 2. The Hall–Kier alpha value is -2.74. The standard InChI is InChI=1S/C18H23N5O3/c1-13-18(23(25)26)14(2)22(20-13)12-17(24)19-8-10-21-9-7-15-5-3-4-6-16(15)11-21/h3-6H,7-12H2,1-2H3,(H,19,24). The van der Waals surface area contributed by atoms with E-state index in [-0.39, 0.29) is 18.1 Å². The van der Waals surface area contributed by atoms with Crippen molar-refractivity contribution in [3.8, 4) is 0 Å². The molecule has 0 atom stereocenters. The number of nitrogens with zero attached hydrogens (tertiary/aromatic N) is 4. The van der Waals surface area contributed by atoms with E-state index >= 15 is 0 Å². The molecule has 1 aromatic carbocycles. The Morgan fingerprint density at radius 3 is 2.73 bits per heavy atom. The molecule has 26 heavy (non-hydrogen) atoms. The van der Waals surface area contributed by atoms with Crippen molar-refractivity contribution in [3.05, 3.63) is 56.9 Å². The van der Waals surface area contributed by atoms with Crippen molar-refractivity contribution in [2.24, 2.45) is 0 Å². The second kappa shape index (κ2) is 7.65. The average Bonchev–Trinajstić information content (AvgIpc) is 2.88. The minimum absolute atomic E-state index is 0.0106. The molecule has 1 aromatic heterocycles. The lowest BCUT2D eigenvalue weighted by Gasteiger charge is -2.28. The summed E-state index contributed by atoms with van der Waals surface area (Å²) in [6, 6.07) is 8.44. The second-order valence-electron chi connectivity index (χ2n) is 6.58. The number of nitro groups is 1. The number of benzene rings is 1. The molecule has 2 heterocycles. The first-order valence-corrected chi connectivity index (χ1v) is 8.70. The summed E-state index contributed by atoms with van der Waals surface area (Å²) in [7, 11) is 0. The molecule has 1 N–H and O–H groups in total. The molecule has 1 amide bonds. The van der Waals surface area contributed by atoms with E-state index in [4.69, 9.17) is 0 Å². The van der Waals surface area contributed by atoms with Crippen LogP contribution in [0.5, 0.6) is 0 Å². The van der Waals surface area contributed by atoms with Gasteiger partial charge >= 0.3 is 5.69 Å². The summed E-state index contributed by atoms with van der Waals surface area (Å²) >= 11 is 0. The first-order valence-electron chi connectivity index (χ1n) is 8.70. The fourth-order valence-corrected chi connectivity index (χ4v) is 3.40. The van der Waals surface area contributed by atoms with Gasteiger partial charge in [0.2, 0.25) is 5.91 Å². The lowest BCUT2D eigenvalue weighted by Crippen LogP contribution is -2.38. The number of hydrogen-bond acceptors (Lipinski definition) is 5. The lowest BCUT2D eigenvalue weighted by molar-refractivity contribution is -0.386. The topological polar surface area (TPSA) is 93.3 Å². The summed E-state index contributed by atoms with van der Waals surface area (Å²) in [6.45, 7) is 6.37. The van der Waals surface area contributed by atoms with Gasteiger partial charge in [-0.3, -0.25) is 24.5 Å². The maximum atomic E-state index is 12.1. The van der Waals surface area contributed by atoms with Crippen LogP contribution in [0.25, 0.3) is 0 Å². The highest BCUT2D eigenvalue weighted by atomic mass is 16.6. The van der Waals surface area contributed by atoms with Gasteiger partial charge in [0, 0.05) is 26.2 Å². The average molecular weight is 357 g/mol. The van der Waals surface area contributed by atoms with Crippen molar-refractivity contribution >= 4 is 11.6 Å². The molecule has 2 aromatic rings. The molecule has 8 nitrogen and oxygen atoms in total. The Morgan fingerprint density at radius 1 is 1.31 bits per heavy atom. The van der Waals surface area contributed by atoms with Crippen LogP contribution in [0.15, 0.2) is 24.3 Å². The molecule has 0 radical (unpaired) electrons. The van der Waals surface area contributed by atoms with Gasteiger partial charge in [-0.1, -0.05) is 24.3 Å². The summed E-state index contributed by atoms with van der Waals surface area (Å²) in [5, 5.41) is 18.0. The molecule has 0 spiro atoms. The van der Waals surface area contributed by atoms with Crippen LogP contribution in [-0.2, 0) is 24.3 Å². The quantitative estimate of drug-likeness (QED) is 0.626. The molecular weight excluding hydrogens is 334 g/mol. The molecule has 0 unspecified atom stereocenters. The number of aryl methyl sites for hydroxylation is 1. The zero-order valence-corrected chi connectivity index (χ0v) is 15.1. The van der Waals surface area contributed by atoms with Crippen molar-refractivity contribution in [3.63, 3.8) is 0 Å². The second-order valence-corrected chi connectivity index (χ2v) is 6.58. The van der Waals surface area contributed by atoms with Crippen LogP contribution in [-0.4, -0.2) is 45.1 Å². The van der Waals surface area contributed by atoms with Gasteiger partial charge in [0.1, 0.15) is 17.9 Å². The van der Waals surface area contributed by atoms with Gasteiger partial charge in [0.25, 0.3) is 0 Å². The molecule has 138 valence electrons. The molecule has 0 aliphatic carbocycles. The zero-order chi connectivity index (χ0) is 18.7. The molecule has 0 bridgehead atoms. The molecule has 0 saturated heterocycles. The Kier molecular flexibility index (Phi) is 5.32. The van der Waals surface area contributed by atoms with Crippen LogP contribution in [0.2, 0.25) is 0 Å². The van der Waals surface area contributed by atoms with Crippen molar-refractivity contribution in [1.82, 2.24) is 20.0 Å². The SMILES string of the molecule is Cc1nn(CC(=O)NCCN2CCc3ccccc3C2)c(C)c1[N+](=O)[O-]. The molecule has 1 aliphatic rings. The van der Waals surface area contributed by atoms with Gasteiger partial charge < -0.3 is 5.32 Å². The predicted molar refractivity (Wildman–Crippen MR) is 96.8 cm³/mol. The van der Waals surface area contributed by atoms with Crippen LogP contribution >= 0.6 is 0 Å². The number of carbonyl (C=O) groups excluding carboxylic acids is 1. The monoisotopic (exact) mass is 357 g/mol. The van der Waals surface area contributed by atoms with E-state index in [9.17, 15) is 14.9 Å². The van der Waals surface area contributed by atoms with Crippen molar-refractivity contribution in [2.45, 2.75) is 33.4 Å². The highest BCUT2D eigenvalue weighted by Gasteiger charge is 2.22. The molecule has 8 heteroatoms. The van der Waals surface area contributed by atoms with E-state index in [0.717, 1.165) is 26.1 Å². The summed E-state index contributed by atoms with van der Waals surface area (Å²) in [4.78, 5) is 25.0. The minimum atomic E-state index is -0.458. The number of nitrogens with one attached hydrogen (secondary N) is 1. The summed E-state index contributed by atoms with van der Waals surface area (Å²) in [5.74, 6) is -0.192. The Bertz CT molecular complexity index is 830. The number of rotatable bonds is 6. The third-order valence-electron chi connectivity index (χ3n) is 4.78. The molecule has 0 saturated carbocycles. The fraction of sp³-hybridized carbons (Fsp3) is 0.444. The summed E-state index contributed by atoms with van der Waals surface area (Å²) in [5.41, 5.74) is 3.45. The molecule has 0 fully saturated rings. The Morgan fingerprint density at radius 2 is 2.04 bits per heavy atom. The smallest absolute Gasteiger partial charge is 0.312 e. The molecule has 3 rings (SSSR count). The van der Waals surface area contributed by atoms with Gasteiger partial charge in [-0.25, -0.2) is 0 Å². The third kappa shape index (κ3) is 3.91. The highest BCUT2D eigenvalue weighted by molar-refractivity contribution is 5.75. The Labute approximate surface area is 151 Å². The van der Waals surface area contributed by atoms with Gasteiger partial charge in [-0.15, -0.1) is 0 Å². The third-order valence-corrected chi connectivity index (χ3v) is 4.78. The van der Waals surface area contributed by atoms with E-state index in [1.165, 1.54) is 15.8 Å². The van der Waals surface area contributed by atoms with Crippen LogP contribution in [0.4, 0.5) is 5.69 Å². The normalized spacial score (nSPS) is 14.1. The van der Waals surface area contributed by atoms with Gasteiger partial charge in [0.15, 0.2) is 0 Å². The van der Waals surface area contributed by atoms with E-state index in [1.54, 1.807) is 13.8 Å². The van der Waals surface area contributed by atoms with Crippen LogP contribution < -0.4 is 5.32 Å². The van der Waals surface area contributed by atoms with Crippen molar-refractivity contribution in [2.75, 3.05) is 19.6 Å². The minimum Gasteiger partial charge on any atom is -0.353 e. The fourth-order valence-electron chi connectivity index (χ4n) is 3.40. The maximum Gasteiger partial charge on any atom is 0.312 e. The summed E-state index contributed by atoms with van der Waals surface area (Å²) in [6.07, 6.45) is 1.03. The number of hydrogen-bond donors (Lipinski definition) is 1. The lowest BCUT2D eigenvalue weighted by atomic mass is 10.00. The van der Waals surface area contributed by atoms with Crippen LogP contribution in [0, 0.1) is 24.0 Å². The maximum absolute atomic E-state index is 12.1.